The van der Waals surface area contributed by atoms with Crippen LogP contribution in [-0.2, 0) is 4.79 Å². The van der Waals surface area contributed by atoms with Crippen molar-refractivity contribution >= 4 is 11.9 Å². The van der Waals surface area contributed by atoms with E-state index in [-0.39, 0.29) is 5.91 Å². The van der Waals surface area contributed by atoms with Crippen molar-refractivity contribution in [2.75, 3.05) is 13.1 Å². The molecule has 2 aromatic rings. The predicted octanol–water partition coefficient (Wildman–Crippen LogP) is 1.53. The molecule has 1 fully saturated rings. The number of benzene rings is 1. The Kier molecular flexibility index (Phi) is 4.90. The number of amides is 3. The number of H-pyrrole nitrogens is 1. The molecule has 1 aromatic carbocycles. The van der Waals surface area contributed by atoms with E-state index in [0.717, 1.165) is 31.5 Å². The molecule has 24 heavy (non-hydrogen) atoms. The van der Waals surface area contributed by atoms with Crippen molar-refractivity contribution in [1.82, 2.24) is 20.4 Å². The van der Waals surface area contributed by atoms with Gasteiger partial charge in [-0.05, 0) is 43.0 Å². The van der Waals surface area contributed by atoms with E-state index in [9.17, 15) is 9.59 Å². The fourth-order valence-corrected chi connectivity index (χ4v) is 3.33. The minimum atomic E-state index is -0.825. The summed E-state index contributed by atoms with van der Waals surface area (Å²) in [6.45, 7) is 1.53. The maximum Gasteiger partial charge on any atom is 0.318 e. The summed E-state index contributed by atoms with van der Waals surface area (Å²) < 4.78 is 0. The molecule has 0 aliphatic carbocycles. The molecule has 2 heterocycles. The molecule has 1 aliphatic heterocycles. The zero-order valence-corrected chi connectivity index (χ0v) is 13.3. The lowest BCUT2D eigenvalue weighted by Gasteiger charge is -2.36. The van der Waals surface area contributed by atoms with Crippen LogP contribution in [0.2, 0.25) is 0 Å². The molecule has 4 N–H and O–H groups in total. The SMILES string of the molecule is NC(=O)NC(=O)[C@H](c1ccccc1)N1CCC(c2cn[nH]c2)CC1. The summed E-state index contributed by atoms with van der Waals surface area (Å²) in [6, 6.07) is 8.13. The molecule has 0 radical (unpaired) electrons. The number of imide groups is 1. The van der Waals surface area contributed by atoms with Gasteiger partial charge in [-0.25, -0.2) is 4.79 Å². The highest BCUT2D eigenvalue weighted by Gasteiger charge is 2.32. The van der Waals surface area contributed by atoms with Crippen LogP contribution in [0.3, 0.4) is 0 Å². The lowest BCUT2D eigenvalue weighted by molar-refractivity contribution is -0.126. The zero-order chi connectivity index (χ0) is 16.9. The number of nitrogens with two attached hydrogens (primary N) is 1. The summed E-state index contributed by atoms with van der Waals surface area (Å²) in [5, 5.41) is 9.07. The van der Waals surface area contributed by atoms with Crippen LogP contribution in [0.1, 0.15) is 35.9 Å². The van der Waals surface area contributed by atoms with E-state index in [0.29, 0.717) is 5.92 Å². The molecule has 3 amide bonds. The van der Waals surface area contributed by atoms with E-state index in [1.807, 2.05) is 42.7 Å². The Morgan fingerprint density at radius 3 is 2.54 bits per heavy atom. The van der Waals surface area contributed by atoms with Crippen molar-refractivity contribution in [1.29, 1.82) is 0 Å². The average molecular weight is 327 g/mol. The number of rotatable bonds is 4. The van der Waals surface area contributed by atoms with Gasteiger partial charge in [0.25, 0.3) is 0 Å². The monoisotopic (exact) mass is 327 g/mol. The van der Waals surface area contributed by atoms with Crippen molar-refractivity contribution in [3.05, 3.63) is 53.9 Å². The molecule has 0 bridgehead atoms. The number of nitrogens with one attached hydrogen (secondary N) is 2. The Balaban J connectivity index is 1.74. The van der Waals surface area contributed by atoms with E-state index < -0.39 is 12.1 Å². The van der Waals surface area contributed by atoms with Gasteiger partial charge in [-0.1, -0.05) is 30.3 Å². The number of primary amides is 1. The molecule has 1 saturated heterocycles. The summed E-state index contributed by atoms with van der Waals surface area (Å²) in [5.74, 6) is 0.0612. The van der Waals surface area contributed by atoms with E-state index in [1.165, 1.54) is 5.56 Å². The molecule has 126 valence electrons. The summed E-state index contributed by atoms with van der Waals surface area (Å²) in [7, 11) is 0. The van der Waals surface area contributed by atoms with Crippen LogP contribution in [0.25, 0.3) is 0 Å². The first kappa shape index (κ1) is 16.2. The second-order valence-electron chi connectivity index (χ2n) is 6.01. The maximum absolute atomic E-state index is 12.5. The predicted molar refractivity (Wildman–Crippen MR) is 89.0 cm³/mol. The quantitative estimate of drug-likeness (QED) is 0.792. The molecule has 1 aliphatic rings. The Labute approximate surface area is 140 Å². The highest BCUT2D eigenvalue weighted by molar-refractivity contribution is 5.96. The normalized spacial score (nSPS) is 17.3. The van der Waals surface area contributed by atoms with E-state index in [1.54, 1.807) is 0 Å². The third-order valence-electron chi connectivity index (χ3n) is 4.50. The highest BCUT2D eigenvalue weighted by Crippen LogP contribution is 2.32. The van der Waals surface area contributed by atoms with Gasteiger partial charge in [-0.2, -0.15) is 5.10 Å². The third-order valence-corrected chi connectivity index (χ3v) is 4.50. The molecule has 0 saturated carbocycles. The first-order valence-corrected chi connectivity index (χ1v) is 8.03. The number of hydrogen-bond donors (Lipinski definition) is 3. The fourth-order valence-electron chi connectivity index (χ4n) is 3.33. The molecule has 7 nitrogen and oxygen atoms in total. The number of hydrogen-bond acceptors (Lipinski definition) is 4. The van der Waals surface area contributed by atoms with Gasteiger partial charge in [0.05, 0.1) is 6.20 Å². The zero-order valence-electron chi connectivity index (χ0n) is 13.3. The molecule has 3 rings (SSSR count). The second kappa shape index (κ2) is 7.27. The molecular weight excluding hydrogens is 306 g/mol. The molecule has 0 unspecified atom stereocenters. The van der Waals surface area contributed by atoms with Crippen molar-refractivity contribution in [2.45, 2.75) is 24.8 Å². The number of carbonyl (C=O) groups excluding carboxylic acids is 2. The minimum absolute atomic E-state index is 0.379. The van der Waals surface area contributed by atoms with Gasteiger partial charge in [0.2, 0.25) is 5.91 Å². The van der Waals surface area contributed by atoms with Gasteiger partial charge < -0.3 is 5.73 Å². The lowest BCUT2D eigenvalue weighted by Crippen LogP contribution is -2.46. The molecule has 1 atom stereocenters. The number of urea groups is 1. The minimum Gasteiger partial charge on any atom is -0.351 e. The Hall–Kier alpha value is -2.67. The van der Waals surface area contributed by atoms with Crippen LogP contribution in [0.15, 0.2) is 42.7 Å². The van der Waals surface area contributed by atoms with Crippen LogP contribution >= 0.6 is 0 Å². The third kappa shape index (κ3) is 3.62. The number of likely N-dealkylation sites (tertiary alicyclic amines) is 1. The van der Waals surface area contributed by atoms with Crippen LogP contribution in [0.5, 0.6) is 0 Å². The van der Waals surface area contributed by atoms with Crippen molar-refractivity contribution < 1.29 is 9.59 Å². The van der Waals surface area contributed by atoms with E-state index >= 15 is 0 Å². The molecule has 1 aromatic heterocycles. The number of nitrogens with zero attached hydrogens (tertiary/aromatic N) is 2. The van der Waals surface area contributed by atoms with Crippen molar-refractivity contribution in [3.8, 4) is 0 Å². The van der Waals surface area contributed by atoms with Gasteiger partial charge >= 0.3 is 6.03 Å². The Morgan fingerprint density at radius 1 is 1.25 bits per heavy atom. The topological polar surface area (TPSA) is 104 Å². The average Bonchev–Trinajstić information content (AvgIpc) is 3.10. The van der Waals surface area contributed by atoms with Gasteiger partial charge in [-0.15, -0.1) is 0 Å². The standard InChI is InChI=1S/C17H21N5O2/c18-17(24)21-16(23)15(13-4-2-1-3-5-13)22-8-6-12(7-9-22)14-10-19-20-11-14/h1-5,10-12,15H,6-9H2,(H,19,20)(H3,18,21,23,24)/t15-/m0/s1. The Morgan fingerprint density at radius 2 is 1.96 bits per heavy atom. The van der Waals surface area contributed by atoms with Crippen molar-refractivity contribution in [3.63, 3.8) is 0 Å². The summed E-state index contributed by atoms with van der Waals surface area (Å²) in [4.78, 5) is 25.7. The number of piperidine rings is 1. The van der Waals surface area contributed by atoms with Gasteiger partial charge in [0.1, 0.15) is 6.04 Å². The van der Waals surface area contributed by atoms with Gasteiger partial charge in [0, 0.05) is 6.20 Å². The maximum atomic E-state index is 12.5. The molecule has 7 heteroatoms. The van der Waals surface area contributed by atoms with Crippen LogP contribution in [0, 0.1) is 0 Å². The Bertz CT molecular complexity index is 678. The van der Waals surface area contributed by atoms with Crippen LogP contribution in [0.4, 0.5) is 4.79 Å². The van der Waals surface area contributed by atoms with Gasteiger partial charge in [0.15, 0.2) is 0 Å². The number of carbonyl (C=O) groups is 2. The summed E-state index contributed by atoms with van der Waals surface area (Å²) in [5.41, 5.74) is 7.19. The summed E-state index contributed by atoms with van der Waals surface area (Å²) >= 11 is 0. The fraction of sp³-hybridized carbons (Fsp3) is 0.353. The van der Waals surface area contributed by atoms with Gasteiger partial charge in [-0.3, -0.25) is 20.1 Å². The molecular formula is C17H21N5O2. The number of aromatic amines is 1. The van der Waals surface area contributed by atoms with Crippen LogP contribution in [-0.4, -0.2) is 40.1 Å². The first-order chi connectivity index (χ1) is 11.6. The molecule has 0 spiro atoms. The van der Waals surface area contributed by atoms with E-state index in [4.69, 9.17) is 5.73 Å². The van der Waals surface area contributed by atoms with E-state index in [2.05, 4.69) is 20.4 Å². The lowest BCUT2D eigenvalue weighted by atomic mass is 9.90. The first-order valence-electron chi connectivity index (χ1n) is 8.03. The second-order valence-corrected chi connectivity index (χ2v) is 6.01. The smallest absolute Gasteiger partial charge is 0.318 e. The largest absolute Gasteiger partial charge is 0.351 e. The number of aromatic nitrogens is 2. The van der Waals surface area contributed by atoms with Crippen LogP contribution < -0.4 is 11.1 Å². The highest BCUT2D eigenvalue weighted by atomic mass is 16.2. The van der Waals surface area contributed by atoms with Crippen molar-refractivity contribution in [2.24, 2.45) is 5.73 Å². The summed E-state index contributed by atoms with van der Waals surface area (Å²) in [6.07, 6.45) is 5.66.